The highest BCUT2D eigenvalue weighted by atomic mass is 16.2. The Morgan fingerprint density at radius 2 is 0.947 bits per heavy atom. The molecule has 0 atom stereocenters. The second kappa shape index (κ2) is 17.7. The molecule has 0 rings (SSSR count). The molecule has 0 aromatic heterocycles. The summed E-state index contributed by atoms with van der Waals surface area (Å²) in [5.41, 5.74) is 0. The van der Waals surface area contributed by atoms with Crippen molar-refractivity contribution >= 4 is 0 Å². The quantitative estimate of drug-likeness (QED) is 0.284. The maximum atomic E-state index is 8.67. The minimum atomic E-state index is 0.370. The highest BCUT2D eigenvalue weighted by Crippen LogP contribution is 2.12. The van der Waals surface area contributed by atoms with Crippen LogP contribution >= 0.6 is 0 Å². The lowest BCUT2D eigenvalue weighted by atomic mass is 10.0. The van der Waals surface area contributed by atoms with Gasteiger partial charge >= 0.3 is 0 Å². The second-order valence-electron chi connectivity index (χ2n) is 5.68. The van der Waals surface area contributed by atoms with Gasteiger partial charge in [0.05, 0.1) is 0 Å². The monoisotopic (exact) mass is 268 g/mol. The number of hydrogen-bond donors (Lipinski definition) is 1. The number of rotatable bonds is 15. The molecular weight excluding hydrogens is 232 g/mol. The van der Waals surface area contributed by atoms with E-state index in [1.807, 2.05) is 0 Å². The van der Waals surface area contributed by atoms with E-state index in [1.165, 1.54) is 83.5 Å². The van der Waals surface area contributed by atoms with E-state index in [0.29, 0.717) is 6.61 Å². The smallest absolute Gasteiger partial charge is 0.0431 e. The average molecular weight is 268 g/mol. The molecular formula is C18H36O. The Morgan fingerprint density at radius 3 is 1.32 bits per heavy atom. The molecule has 1 N–H and O–H groups in total. The predicted octanol–water partition coefficient (Wildman–Crippen LogP) is 6.02. The molecule has 1 heteroatoms. The first-order chi connectivity index (χ1) is 9.41. The maximum Gasteiger partial charge on any atom is 0.0431 e. The number of hydrogen-bond acceptors (Lipinski definition) is 1. The lowest BCUT2D eigenvalue weighted by molar-refractivity contribution is 0.282. The van der Waals surface area contributed by atoms with Crippen molar-refractivity contribution in [1.29, 1.82) is 0 Å². The molecule has 0 fully saturated rings. The Kier molecular flexibility index (Phi) is 17.4. The fourth-order valence-electron chi connectivity index (χ4n) is 2.49. The molecule has 19 heavy (non-hydrogen) atoms. The molecule has 0 aliphatic rings. The van der Waals surface area contributed by atoms with Crippen LogP contribution < -0.4 is 0 Å². The van der Waals surface area contributed by atoms with E-state index in [2.05, 4.69) is 19.1 Å². The number of unbranched alkanes of at least 4 members (excludes halogenated alkanes) is 13. The van der Waals surface area contributed by atoms with Crippen LogP contribution in [0.5, 0.6) is 0 Å². The lowest BCUT2D eigenvalue weighted by Crippen LogP contribution is -1.85. The van der Waals surface area contributed by atoms with Crippen LogP contribution in [0.25, 0.3) is 0 Å². The highest BCUT2D eigenvalue weighted by Gasteiger charge is 1.93. The van der Waals surface area contributed by atoms with Crippen LogP contribution in [0.1, 0.15) is 96.8 Å². The third-order valence-electron chi connectivity index (χ3n) is 3.76. The van der Waals surface area contributed by atoms with Gasteiger partial charge in [-0.15, -0.1) is 0 Å². The van der Waals surface area contributed by atoms with Gasteiger partial charge in [0.2, 0.25) is 0 Å². The van der Waals surface area contributed by atoms with Gasteiger partial charge in [0.15, 0.2) is 0 Å². The molecule has 0 amide bonds. The van der Waals surface area contributed by atoms with E-state index in [1.54, 1.807) is 0 Å². The molecule has 0 radical (unpaired) electrons. The Balaban J connectivity index is 2.91. The average Bonchev–Trinajstić information content (AvgIpc) is 2.43. The van der Waals surface area contributed by atoms with Crippen molar-refractivity contribution in [2.45, 2.75) is 96.8 Å². The molecule has 114 valence electrons. The number of aliphatic hydroxyl groups is 1. The molecule has 0 aromatic carbocycles. The zero-order valence-corrected chi connectivity index (χ0v) is 13.2. The first-order valence-corrected chi connectivity index (χ1v) is 8.64. The fourth-order valence-corrected chi connectivity index (χ4v) is 2.49. The molecule has 0 saturated carbocycles. The van der Waals surface area contributed by atoms with Crippen molar-refractivity contribution in [3.05, 3.63) is 12.2 Å². The van der Waals surface area contributed by atoms with Crippen molar-refractivity contribution in [3.8, 4) is 0 Å². The molecule has 0 saturated heterocycles. The second-order valence-corrected chi connectivity index (χ2v) is 5.68. The van der Waals surface area contributed by atoms with Gasteiger partial charge in [0, 0.05) is 6.61 Å². The Hall–Kier alpha value is -0.300. The third kappa shape index (κ3) is 17.7. The minimum Gasteiger partial charge on any atom is -0.396 e. The first-order valence-electron chi connectivity index (χ1n) is 8.64. The van der Waals surface area contributed by atoms with E-state index < -0.39 is 0 Å². The minimum absolute atomic E-state index is 0.370. The molecule has 0 unspecified atom stereocenters. The summed E-state index contributed by atoms with van der Waals surface area (Å²) in [5, 5.41) is 8.67. The topological polar surface area (TPSA) is 20.2 Å². The van der Waals surface area contributed by atoms with Gasteiger partial charge in [0.25, 0.3) is 0 Å². The number of allylic oxidation sites excluding steroid dienone is 2. The largest absolute Gasteiger partial charge is 0.396 e. The molecule has 0 spiro atoms. The summed E-state index contributed by atoms with van der Waals surface area (Å²) in [7, 11) is 0. The summed E-state index contributed by atoms with van der Waals surface area (Å²) in [4.78, 5) is 0. The summed E-state index contributed by atoms with van der Waals surface area (Å²) in [6.45, 7) is 2.47. The zero-order valence-electron chi connectivity index (χ0n) is 13.2. The van der Waals surface area contributed by atoms with Crippen molar-refractivity contribution in [2.24, 2.45) is 0 Å². The first kappa shape index (κ1) is 18.7. The summed E-state index contributed by atoms with van der Waals surface area (Å²) in [6, 6.07) is 0. The van der Waals surface area contributed by atoms with E-state index in [0.717, 1.165) is 6.42 Å². The maximum absolute atomic E-state index is 8.67. The van der Waals surface area contributed by atoms with E-state index in [-0.39, 0.29) is 0 Å². The van der Waals surface area contributed by atoms with Gasteiger partial charge in [-0.1, -0.05) is 82.8 Å². The fraction of sp³-hybridized carbons (Fsp3) is 0.889. The van der Waals surface area contributed by atoms with Crippen LogP contribution in [0.4, 0.5) is 0 Å². The van der Waals surface area contributed by atoms with Crippen LogP contribution in [0.3, 0.4) is 0 Å². The van der Waals surface area contributed by atoms with E-state index in [4.69, 9.17) is 5.11 Å². The van der Waals surface area contributed by atoms with Crippen LogP contribution in [-0.4, -0.2) is 11.7 Å². The van der Waals surface area contributed by atoms with E-state index >= 15 is 0 Å². The third-order valence-corrected chi connectivity index (χ3v) is 3.76. The summed E-state index contributed by atoms with van der Waals surface area (Å²) >= 11 is 0. The van der Waals surface area contributed by atoms with Crippen molar-refractivity contribution in [2.75, 3.05) is 6.61 Å². The Labute approximate surface area is 121 Å². The van der Waals surface area contributed by atoms with Crippen molar-refractivity contribution in [3.63, 3.8) is 0 Å². The normalized spacial score (nSPS) is 11.5. The standard InChI is InChI=1S/C18H36O/c1-2-3-4-5-6-7-8-9-10-11-12-13-14-15-16-17-18-19/h2-3,19H,4-18H2,1H3. The Bertz CT molecular complexity index is 175. The van der Waals surface area contributed by atoms with Crippen molar-refractivity contribution in [1.82, 2.24) is 0 Å². The van der Waals surface area contributed by atoms with Crippen LogP contribution in [0.15, 0.2) is 12.2 Å². The summed E-state index contributed by atoms with van der Waals surface area (Å²) in [5.74, 6) is 0. The van der Waals surface area contributed by atoms with Gasteiger partial charge in [0.1, 0.15) is 0 Å². The predicted molar refractivity (Wildman–Crippen MR) is 86.5 cm³/mol. The van der Waals surface area contributed by atoms with Gasteiger partial charge in [-0.3, -0.25) is 0 Å². The van der Waals surface area contributed by atoms with Crippen LogP contribution in [-0.2, 0) is 0 Å². The molecule has 0 heterocycles. The van der Waals surface area contributed by atoms with Gasteiger partial charge in [-0.05, 0) is 26.2 Å². The molecule has 0 aromatic rings. The summed E-state index contributed by atoms with van der Waals surface area (Å²) in [6.07, 6.45) is 23.4. The van der Waals surface area contributed by atoms with E-state index in [9.17, 15) is 0 Å². The zero-order chi connectivity index (χ0) is 14.0. The van der Waals surface area contributed by atoms with Crippen molar-refractivity contribution < 1.29 is 5.11 Å². The molecule has 0 bridgehead atoms. The van der Waals surface area contributed by atoms with Crippen LogP contribution in [0.2, 0.25) is 0 Å². The molecule has 0 aliphatic heterocycles. The van der Waals surface area contributed by atoms with Crippen LogP contribution in [0, 0.1) is 0 Å². The SMILES string of the molecule is CC=CCCCCCCCCCCCCCCCO. The Morgan fingerprint density at radius 1 is 0.579 bits per heavy atom. The van der Waals surface area contributed by atoms with Gasteiger partial charge < -0.3 is 5.11 Å². The van der Waals surface area contributed by atoms with Gasteiger partial charge in [-0.2, -0.15) is 0 Å². The molecule has 0 aliphatic carbocycles. The number of aliphatic hydroxyl groups excluding tert-OH is 1. The highest BCUT2D eigenvalue weighted by molar-refractivity contribution is 4.76. The summed E-state index contributed by atoms with van der Waals surface area (Å²) < 4.78 is 0. The van der Waals surface area contributed by atoms with Gasteiger partial charge in [-0.25, -0.2) is 0 Å². The molecule has 1 nitrogen and oxygen atoms in total. The lowest BCUT2D eigenvalue weighted by Gasteiger charge is -2.02.